The summed E-state index contributed by atoms with van der Waals surface area (Å²) in [6, 6.07) is 9.24. The molecule has 1 saturated heterocycles. The number of hydrogen-bond donors (Lipinski definition) is 3. The number of amides is 1. The monoisotopic (exact) mass is 401 g/mol. The number of benzene rings is 1. The molecule has 1 fully saturated rings. The summed E-state index contributed by atoms with van der Waals surface area (Å²) in [5.41, 5.74) is 2.71. The van der Waals surface area contributed by atoms with Gasteiger partial charge in [-0.15, -0.1) is 0 Å². The van der Waals surface area contributed by atoms with Crippen LogP contribution in [0.4, 0.5) is 0 Å². The molecule has 0 bridgehead atoms. The van der Waals surface area contributed by atoms with Crippen molar-refractivity contribution in [1.29, 1.82) is 0 Å². The Bertz CT molecular complexity index is 621. The van der Waals surface area contributed by atoms with E-state index < -0.39 is 0 Å². The number of aliphatic imine (C=N–C) groups is 1. The zero-order valence-corrected chi connectivity index (χ0v) is 18.5. The molecule has 0 aromatic heterocycles. The predicted molar refractivity (Wildman–Crippen MR) is 121 cm³/mol. The largest absolute Gasteiger partial charge is 0.357 e. The number of guanidine groups is 1. The SMILES string of the molecule is CCCNC(=O)CN1CCC(NC(=NCCc2ccc(CC)cc2)NCC)CC1. The fourth-order valence-electron chi connectivity index (χ4n) is 3.51. The summed E-state index contributed by atoms with van der Waals surface area (Å²) in [6.45, 7) is 11.1. The van der Waals surface area contributed by atoms with Gasteiger partial charge in [0.1, 0.15) is 0 Å². The highest BCUT2D eigenvalue weighted by Gasteiger charge is 2.21. The molecule has 0 spiro atoms. The fourth-order valence-corrected chi connectivity index (χ4v) is 3.51. The summed E-state index contributed by atoms with van der Waals surface area (Å²) < 4.78 is 0. The number of aryl methyl sites for hydroxylation is 1. The maximum Gasteiger partial charge on any atom is 0.234 e. The number of rotatable bonds is 10. The first-order chi connectivity index (χ1) is 14.1. The van der Waals surface area contributed by atoms with E-state index >= 15 is 0 Å². The Kier molecular flexibility index (Phi) is 10.6. The van der Waals surface area contributed by atoms with Gasteiger partial charge < -0.3 is 16.0 Å². The highest BCUT2D eigenvalue weighted by Crippen LogP contribution is 2.10. The quantitative estimate of drug-likeness (QED) is 0.416. The number of carbonyl (C=O) groups excluding carboxylic acids is 1. The molecule has 1 heterocycles. The van der Waals surface area contributed by atoms with Gasteiger partial charge >= 0.3 is 0 Å². The van der Waals surface area contributed by atoms with Crippen molar-refractivity contribution in [2.75, 3.05) is 39.3 Å². The minimum absolute atomic E-state index is 0.139. The Hall–Kier alpha value is -2.08. The Morgan fingerprint density at radius 2 is 1.76 bits per heavy atom. The third-order valence-electron chi connectivity index (χ3n) is 5.31. The van der Waals surface area contributed by atoms with Crippen molar-refractivity contribution in [2.45, 2.75) is 58.9 Å². The lowest BCUT2D eigenvalue weighted by molar-refractivity contribution is -0.122. The molecule has 0 unspecified atom stereocenters. The normalized spacial score (nSPS) is 15.9. The molecular weight excluding hydrogens is 362 g/mol. The molecule has 0 aliphatic carbocycles. The first kappa shape index (κ1) is 23.2. The molecule has 1 aliphatic heterocycles. The third-order valence-corrected chi connectivity index (χ3v) is 5.31. The number of nitrogens with zero attached hydrogens (tertiary/aromatic N) is 2. The van der Waals surface area contributed by atoms with Crippen LogP contribution in [0.15, 0.2) is 29.3 Å². The Morgan fingerprint density at radius 3 is 2.38 bits per heavy atom. The first-order valence-corrected chi connectivity index (χ1v) is 11.3. The summed E-state index contributed by atoms with van der Waals surface area (Å²) in [4.78, 5) is 18.9. The van der Waals surface area contributed by atoms with Gasteiger partial charge in [0.25, 0.3) is 0 Å². The highest BCUT2D eigenvalue weighted by atomic mass is 16.2. The van der Waals surface area contributed by atoms with Crippen LogP contribution in [0.2, 0.25) is 0 Å². The zero-order chi connectivity index (χ0) is 20.9. The van der Waals surface area contributed by atoms with Gasteiger partial charge in [-0.25, -0.2) is 0 Å². The number of hydrogen-bond acceptors (Lipinski definition) is 3. The van der Waals surface area contributed by atoms with Gasteiger partial charge in [0, 0.05) is 38.8 Å². The van der Waals surface area contributed by atoms with Crippen LogP contribution in [-0.4, -0.2) is 62.1 Å². The molecule has 0 atom stereocenters. The molecule has 0 radical (unpaired) electrons. The second kappa shape index (κ2) is 13.2. The van der Waals surface area contributed by atoms with Crippen LogP contribution in [-0.2, 0) is 17.6 Å². The van der Waals surface area contributed by atoms with Crippen molar-refractivity contribution in [3.05, 3.63) is 35.4 Å². The number of nitrogens with one attached hydrogen (secondary N) is 3. The zero-order valence-electron chi connectivity index (χ0n) is 18.5. The van der Waals surface area contributed by atoms with Gasteiger partial charge in [0.05, 0.1) is 6.54 Å². The smallest absolute Gasteiger partial charge is 0.234 e. The summed E-state index contributed by atoms with van der Waals surface area (Å²) in [5.74, 6) is 1.04. The third kappa shape index (κ3) is 8.86. The molecule has 1 aromatic carbocycles. The first-order valence-electron chi connectivity index (χ1n) is 11.3. The maximum atomic E-state index is 11.9. The molecule has 2 rings (SSSR count). The predicted octanol–water partition coefficient (Wildman–Crippen LogP) is 2.34. The van der Waals surface area contributed by atoms with Crippen molar-refractivity contribution in [3.8, 4) is 0 Å². The molecule has 0 saturated carbocycles. The maximum absolute atomic E-state index is 11.9. The lowest BCUT2D eigenvalue weighted by Crippen LogP contribution is -2.50. The van der Waals surface area contributed by atoms with E-state index in [2.05, 4.69) is 65.9 Å². The Morgan fingerprint density at radius 1 is 1.07 bits per heavy atom. The van der Waals surface area contributed by atoms with E-state index in [0.29, 0.717) is 12.6 Å². The van der Waals surface area contributed by atoms with E-state index in [1.807, 2.05) is 0 Å². The van der Waals surface area contributed by atoms with Crippen LogP contribution in [0.3, 0.4) is 0 Å². The van der Waals surface area contributed by atoms with E-state index in [1.54, 1.807) is 0 Å². The van der Waals surface area contributed by atoms with Gasteiger partial charge in [-0.3, -0.25) is 14.7 Å². The van der Waals surface area contributed by atoms with Crippen molar-refractivity contribution >= 4 is 11.9 Å². The molecule has 3 N–H and O–H groups in total. The van der Waals surface area contributed by atoms with Crippen molar-refractivity contribution < 1.29 is 4.79 Å². The lowest BCUT2D eigenvalue weighted by Gasteiger charge is -2.32. The van der Waals surface area contributed by atoms with E-state index in [9.17, 15) is 4.79 Å². The summed E-state index contributed by atoms with van der Waals surface area (Å²) in [6.07, 6.45) is 5.07. The number of piperidine rings is 1. The Balaban J connectivity index is 1.75. The van der Waals surface area contributed by atoms with E-state index in [1.165, 1.54) is 11.1 Å². The van der Waals surface area contributed by atoms with Crippen LogP contribution < -0.4 is 16.0 Å². The van der Waals surface area contributed by atoms with E-state index in [0.717, 1.165) is 70.8 Å². The second-order valence-electron chi connectivity index (χ2n) is 7.73. The van der Waals surface area contributed by atoms with Crippen LogP contribution in [0.5, 0.6) is 0 Å². The lowest BCUT2D eigenvalue weighted by atomic mass is 10.1. The fraction of sp³-hybridized carbons (Fsp3) is 0.652. The Labute approximate surface area is 176 Å². The minimum atomic E-state index is 0.139. The molecule has 162 valence electrons. The molecule has 1 aliphatic rings. The molecule has 6 nitrogen and oxygen atoms in total. The van der Waals surface area contributed by atoms with E-state index in [-0.39, 0.29) is 5.91 Å². The van der Waals surface area contributed by atoms with E-state index in [4.69, 9.17) is 4.99 Å². The van der Waals surface area contributed by atoms with Gasteiger partial charge in [0.2, 0.25) is 5.91 Å². The summed E-state index contributed by atoms with van der Waals surface area (Å²) in [7, 11) is 0. The van der Waals surface area contributed by atoms with Crippen LogP contribution in [0.25, 0.3) is 0 Å². The van der Waals surface area contributed by atoms with Gasteiger partial charge in [0.15, 0.2) is 5.96 Å². The van der Waals surface area contributed by atoms with Crippen LogP contribution in [0, 0.1) is 0 Å². The number of carbonyl (C=O) groups is 1. The molecule has 29 heavy (non-hydrogen) atoms. The molecule has 1 amide bonds. The van der Waals surface area contributed by atoms with Gasteiger partial charge in [-0.05, 0) is 50.2 Å². The van der Waals surface area contributed by atoms with Crippen LogP contribution >= 0.6 is 0 Å². The van der Waals surface area contributed by atoms with Gasteiger partial charge in [-0.1, -0.05) is 38.1 Å². The van der Waals surface area contributed by atoms with Crippen molar-refractivity contribution in [3.63, 3.8) is 0 Å². The van der Waals surface area contributed by atoms with Crippen molar-refractivity contribution in [1.82, 2.24) is 20.9 Å². The topological polar surface area (TPSA) is 68.8 Å². The summed E-state index contributed by atoms with van der Waals surface area (Å²) in [5, 5.41) is 9.90. The number of likely N-dealkylation sites (tertiary alicyclic amines) is 1. The second-order valence-corrected chi connectivity index (χ2v) is 7.73. The standard InChI is InChI=1S/C23H39N5O/c1-4-14-25-22(29)18-28-16-12-21(13-17-28)27-23(24-6-3)26-15-11-20-9-7-19(5-2)8-10-20/h7-10,21H,4-6,11-18H2,1-3H3,(H,25,29)(H2,24,26,27). The average molecular weight is 402 g/mol. The van der Waals surface area contributed by atoms with Crippen molar-refractivity contribution in [2.24, 2.45) is 4.99 Å². The average Bonchev–Trinajstić information content (AvgIpc) is 2.74. The summed E-state index contributed by atoms with van der Waals surface area (Å²) >= 11 is 0. The highest BCUT2D eigenvalue weighted by molar-refractivity contribution is 5.80. The van der Waals surface area contributed by atoms with Gasteiger partial charge in [-0.2, -0.15) is 0 Å². The van der Waals surface area contributed by atoms with Crippen LogP contribution in [0.1, 0.15) is 51.2 Å². The minimum Gasteiger partial charge on any atom is -0.357 e. The molecule has 1 aromatic rings. The molecular formula is C23H39N5O. The molecule has 6 heteroatoms.